The van der Waals surface area contributed by atoms with Gasteiger partial charge in [-0.1, -0.05) is 0 Å². The fraction of sp³-hybridized carbons (Fsp3) is 0.143. The van der Waals surface area contributed by atoms with Gasteiger partial charge in [0.15, 0.2) is 5.13 Å². The number of anilines is 3. The second kappa shape index (κ2) is 8.60. The van der Waals surface area contributed by atoms with Crippen LogP contribution in [0.3, 0.4) is 0 Å². The zero-order valence-corrected chi connectivity index (χ0v) is 16.8. The first kappa shape index (κ1) is 20.6. The molecule has 1 unspecified atom stereocenters. The Balaban J connectivity index is 1.38. The highest BCUT2D eigenvalue weighted by molar-refractivity contribution is 7.13. The van der Waals surface area contributed by atoms with Crippen LogP contribution in [0.4, 0.5) is 25.3 Å². The van der Waals surface area contributed by atoms with Crippen LogP contribution in [-0.4, -0.2) is 29.3 Å². The standard InChI is InChI=1S/C21H16F2N4O3S/c22-14-3-6-17(16(23)10-14)27-11-13(9-18(27)28)20(30)25-15-4-1-12(2-5-15)19(29)26-21-24-7-8-31-21/h1-8,10,13H,9,11H2,(H,25,30)(H,24,26,29). The minimum absolute atomic E-state index is 0.0124. The molecule has 2 N–H and O–H groups in total. The predicted molar refractivity (Wildman–Crippen MR) is 112 cm³/mol. The van der Waals surface area contributed by atoms with Gasteiger partial charge in [-0.2, -0.15) is 0 Å². The Morgan fingerprint density at radius 2 is 1.87 bits per heavy atom. The molecule has 10 heteroatoms. The smallest absolute Gasteiger partial charge is 0.257 e. The number of nitrogens with zero attached hydrogens (tertiary/aromatic N) is 2. The monoisotopic (exact) mass is 442 g/mol. The molecule has 0 spiro atoms. The van der Waals surface area contributed by atoms with Crippen molar-refractivity contribution in [3.05, 3.63) is 71.2 Å². The molecule has 1 saturated heterocycles. The summed E-state index contributed by atoms with van der Waals surface area (Å²) in [6.07, 6.45) is 1.50. The SMILES string of the molecule is O=C(Nc1nccs1)c1ccc(NC(=O)C2CC(=O)N(c3ccc(F)cc3F)C2)cc1. The molecule has 158 valence electrons. The summed E-state index contributed by atoms with van der Waals surface area (Å²) in [7, 11) is 0. The molecule has 0 radical (unpaired) electrons. The first-order chi connectivity index (χ1) is 14.9. The van der Waals surface area contributed by atoms with E-state index in [4.69, 9.17) is 0 Å². The lowest BCUT2D eigenvalue weighted by Gasteiger charge is -2.17. The summed E-state index contributed by atoms with van der Waals surface area (Å²) in [5.41, 5.74) is 0.786. The van der Waals surface area contributed by atoms with Gasteiger partial charge in [-0.25, -0.2) is 13.8 Å². The Labute approximate surface area is 179 Å². The number of rotatable bonds is 5. The lowest BCUT2D eigenvalue weighted by Crippen LogP contribution is -2.28. The van der Waals surface area contributed by atoms with Gasteiger partial charge < -0.3 is 10.2 Å². The third-order valence-electron chi connectivity index (χ3n) is 4.76. The number of carbonyl (C=O) groups is 3. The molecule has 1 aromatic heterocycles. The van der Waals surface area contributed by atoms with E-state index in [0.717, 1.165) is 11.0 Å². The van der Waals surface area contributed by atoms with E-state index in [1.165, 1.54) is 17.4 Å². The van der Waals surface area contributed by atoms with Gasteiger partial charge in [0.2, 0.25) is 11.8 Å². The summed E-state index contributed by atoms with van der Waals surface area (Å²) < 4.78 is 27.1. The average Bonchev–Trinajstić information content (AvgIpc) is 3.38. The van der Waals surface area contributed by atoms with Crippen LogP contribution in [0.5, 0.6) is 0 Å². The Hall–Kier alpha value is -3.66. The number of hydrogen-bond acceptors (Lipinski definition) is 5. The van der Waals surface area contributed by atoms with Crippen molar-refractivity contribution < 1.29 is 23.2 Å². The number of benzene rings is 2. The molecule has 7 nitrogen and oxygen atoms in total. The van der Waals surface area contributed by atoms with E-state index in [1.54, 1.807) is 35.8 Å². The van der Waals surface area contributed by atoms with Gasteiger partial charge in [-0.3, -0.25) is 19.7 Å². The van der Waals surface area contributed by atoms with Crippen molar-refractivity contribution in [2.45, 2.75) is 6.42 Å². The second-order valence-corrected chi connectivity index (χ2v) is 7.75. The number of amides is 3. The molecule has 2 aromatic carbocycles. The minimum atomic E-state index is -0.860. The first-order valence-corrected chi connectivity index (χ1v) is 10.2. The van der Waals surface area contributed by atoms with Crippen molar-refractivity contribution in [3.8, 4) is 0 Å². The van der Waals surface area contributed by atoms with Crippen LogP contribution >= 0.6 is 11.3 Å². The van der Waals surface area contributed by atoms with E-state index in [-0.39, 0.29) is 24.6 Å². The Bertz CT molecular complexity index is 1140. The number of hydrogen-bond donors (Lipinski definition) is 2. The maximum atomic E-state index is 14.0. The van der Waals surface area contributed by atoms with Gasteiger partial charge in [0.1, 0.15) is 11.6 Å². The lowest BCUT2D eigenvalue weighted by atomic mass is 10.1. The molecule has 0 aliphatic carbocycles. The number of carbonyl (C=O) groups excluding carboxylic acids is 3. The largest absolute Gasteiger partial charge is 0.326 e. The molecule has 0 saturated carbocycles. The molecular formula is C21H16F2N4O3S. The molecule has 1 aliphatic heterocycles. The summed E-state index contributed by atoms with van der Waals surface area (Å²) >= 11 is 1.30. The Morgan fingerprint density at radius 3 is 2.55 bits per heavy atom. The van der Waals surface area contributed by atoms with Crippen molar-refractivity contribution in [1.82, 2.24) is 4.98 Å². The quantitative estimate of drug-likeness (QED) is 0.631. The summed E-state index contributed by atoms with van der Waals surface area (Å²) in [4.78, 5) is 42.2. The number of nitrogens with one attached hydrogen (secondary N) is 2. The summed E-state index contributed by atoms with van der Waals surface area (Å²) in [5, 5.41) is 7.58. The third kappa shape index (κ3) is 4.58. The highest BCUT2D eigenvalue weighted by Gasteiger charge is 2.36. The van der Waals surface area contributed by atoms with Gasteiger partial charge in [-0.05, 0) is 36.4 Å². The zero-order valence-electron chi connectivity index (χ0n) is 16.0. The summed E-state index contributed by atoms with van der Waals surface area (Å²) in [6.45, 7) is -0.0124. The van der Waals surface area contributed by atoms with Gasteiger partial charge in [0.25, 0.3) is 5.91 Å². The van der Waals surface area contributed by atoms with Crippen LogP contribution in [0, 0.1) is 17.6 Å². The maximum absolute atomic E-state index is 14.0. The average molecular weight is 442 g/mol. The van der Waals surface area contributed by atoms with E-state index in [2.05, 4.69) is 15.6 Å². The van der Waals surface area contributed by atoms with Crippen LogP contribution in [0.2, 0.25) is 0 Å². The van der Waals surface area contributed by atoms with Crippen LogP contribution in [0.1, 0.15) is 16.8 Å². The van der Waals surface area contributed by atoms with E-state index < -0.39 is 29.4 Å². The molecule has 1 atom stereocenters. The molecule has 31 heavy (non-hydrogen) atoms. The van der Waals surface area contributed by atoms with E-state index in [0.29, 0.717) is 22.4 Å². The highest BCUT2D eigenvalue weighted by Crippen LogP contribution is 2.28. The van der Waals surface area contributed by atoms with Crippen molar-refractivity contribution in [1.29, 1.82) is 0 Å². The van der Waals surface area contributed by atoms with E-state index >= 15 is 0 Å². The van der Waals surface area contributed by atoms with E-state index in [9.17, 15) is 23.2 Å². The Morgan fingerprint density at radius 1 is 1.10 bits per heavy atom. The number of halogens is 2. The Kier molecular flexibility index (Phi) is 5.72. The molecule has 0 bridgehead atoms. The van der Waals surface area contributed by atoms with Gasteiger partial charge >= 0.3 is 0 Å². The second-order valence-electron chi connectivity index (χ2n) is 6.86. The summed E-state index contributed by atoms with van der Waals surface area (Å²) in [6, 6.07) is 9.19. The lowest BCUT2D eigenvalue weighted by molar-refractivity contribution is -0.122. The number of aromatic nitrogens is 1. The van der Waals surface area contributed by atoms with Crippen LogP contribution in [-0.2, 0) is 9.59 Å². The molecule has 1 fully saturated rings. The van der Waals surface area contributed by atoms with Crippen molar-refractivity contribution in [2.75, 3.05) is 22.1 Å². The highest BCUT2D eigenvalue weighted by atomic mass is 32.1. The van der Waals surface area contributed by atoms with E-state index in [1.807, 2.05) is 0 Å². The van der Waals surface area contributed by atoms with Gasteiger partial charge in [-0.15, -0.1) is 11.3 Å². The van der Waals surface area contributed by atoms with Crippen molar-refractivity contribution >= 4 is 45.6 Å². The van der Waals surface area contributed by atoms with Crippen molar-refractivity contribution in [2.24, 2.45) is 5.92 Å². The topological polar surface area (TPSA) is 91.4 Å². The fourth-order valence-electron chi connectivity index (χ4n) is 3.22. The van der Waals surface area contributed by atoms with Crippen LogP contribution in [0.25, 0.3) is 0 Å². The normalized spacial score (nSPS) is 15.7. The summed E-state index contributed by atoms with van der Waals surface area (Å²) in [5.74, 6) is -3.44. The van der Waals surface area contributed by atoms with Gasteiger partial charge in [0, 0.05) is 41.9 Å². The fourth-order valence-corrected chi connectivity index (χ4v) is 3.74. The number of thiazole rings is 1. The third-order valence-corrected chi connectivity index (χ3v) is 5.45. The first-order valence-electron chi connectivity index (χ1n) is 9.28. The molecule has 2 heterocycles. The zero-order chi connectivity index (χ0) is 22.0. The van der Waals surface area contributed by atoms with Gasteiger partial charge in [0.05, 0.1) is 11.6 Å². The molecule has 4 rings (SSSR count). The van der Waals surface area contributed by atoms with Crippen LogP contribution < -0.4 is 15.5 Å². The maximum Gasteiger partial charge on any atom is 0.257 e. The molecule has 1 aliphatic rings. The molecule has 3 amide bonds. The molecular weight excluding hydrogens is 426 g/mol. The van der Waals surface area contributed by atoms with Crippen molar-refractivity contribution in [3.63, 3.8) is 0 Å². The van der Waals surface area contributed by atoms with Crippen LogP contribution in [0.15, 0.2) is 54.0 Å². The molecule has 3 aromatic rings. The minimum Gasteiger partial charge on any atom is -0.326 e. The predicted octanol–water partition coefficient (Wildman–Crippen LogP) is 3.67.